The SMILES string of the molecule is COCCCn1c(C)cc(C(=O)COc2ccc(NC(C)=O)cc2)c1C. The number of carbonyl (C=O) groups excluding carboxylic acids is 2. The van der Waals surface area contributed by atoms with Crippen molar-refractivity contribution >= 4 is 17.4 Å². The minimum absolute atomic E-state index is 0.0259. The molecular weight excluding hydrogens is 332 g/mol. The molecule has 1 N–H and O–H groups in total. The molecule has 2 rings (SSSR count). The third-order valence-electron chi connectivity index (χ3n) is 4.15. The molecule has 1 aromatic carbocycles. The van der Waals surface area contributed by atoms with Crippen molar-refractivity contribution in [1.82, 2.24) is 4.57 Å². The number of rotatable bonds is 9. The van der Waals surface area contributed by atoms with E-state index in [1.54, 1.807) is 31.4 Å². The molecule has 6 heteroatoms. The van der Waals surface area contributed by atoms with Crippen LogP contribution < -0.4 is 10.1 Å². The standard InChI is InChI=1S/C20H26N2O4/c1-14-12-19(15(2)22(14)10-5-11-25-4)20(24)13-26-18-8-6-17(7-9-18)21-16(3)23/h6-9,12H,5,10-11,13H2,1-4H3,(H,21,23). The van der Waals surface area contributed by atoms with Crippen LogP contribution in [-0.4, -0.2) is 36.6 Å². The molecular formula is C20H26N2O4. The van der Waals surface area contributed by atoms with Gasteiger partial charge in [0.1, 0.15) is 5.75 Å². The predicted molar refractivity (Wildman–Crippen MR) is 101 cm³/mol. The van der Waals surface area contributed by atoms with Crippen molar-refractivity contribution in [2.24, 2.45) is 0 Å². The number of hydrogen-bond donors (Lipinski definition) is 1. The van der Waals surface area contributed by atoms with Crippen LogP contribution in [0.4, 0.5) is 5.69 Å². The maximum Gasteiger partial charge on any atom is 0.221 e. The van der Waals surface area contributed by atoms with Crippen LogP contribution in [-0.2, 0) is 16.1 Å². The molecule has 2 aromatic rings. The highest BCUT2D eigenvalue weighted by atomic mass is 16.5. The number of aryl methyl sites for hydroxylation is 1. The summed E-state index contributed by atoms with van der Waals surface area (Å²) in [6.45, 7) is 6.90. The molecule has 0 fully saturated rings. The monoisotopic (exact) mass is 358 g/mol. The van der Waals surface area contributed by atoms with E-state index < -0.39 is 0 Å². The fourth-order valence-electron chi connectivity index (χ4n) is 2.86. The lowest BCUT2D eigenvalue weighted by atomic mass is 10.1. The molecule has 0 atom stereocenters. The number of nitrogens with zero attached hydrogens (tertiary/aromatic N) is 1. The topological polar surface area (TPSA) is 69.6 Å². The van der Waals surface area contributed by atoms with Gasteiger partial charge in [-0.05, 0) is 50.6 Å². The maximum absolute atomic E-state index is 12.5. The average molecular weight is 358 g/mol. The van der Waals surface area contributed by atoms with Gasteiger partial charge in [0.25, 0.3) is 0 Å². The Morgan fingerprint density at radius 1 is 1.15 bits per heavy atom. The first-order valence-corrected chi connectivity index (χ1v) is 8.61. The predicted octanol–water partition coefficient (Wildman–Crippen LogP) is 3.36. The van der Waals surface area contributed by atoms with E-state index in [2.05, 4.69) is 9.88 Å². The van der Waals surface area contributed by atoms with Gasteiger partial charge in [0.05, 0.1) is 0 Å². The number of Topliss-reactive ketones (excluding diaryl/α,β-unsaturated/α-hetero) is 1. The first-order chi connectivity index (χ1) is 12.4. The van der Waals surface area contributed by atoms with Crippen molar-refractivity contribution in [1.29, 1.82) is 0 Å². The molecule has 0 aliphatic rings. The summed E-state index contributed by atoms with van der Waals surface area (Å²) in [6.07, 6.45) is 0.900. The van der Waals surface area contributed by atoms with Crippen LogP contribution in [0, 0.1) is 13.8 Å². The van der Waals surface area contributed by atoms with Gasteiger partial charge in [0.15, 0.2) is 6.61 Å². The molecule has 1 amide bonds. The van der Waals surface area contributed by atoms with Crippen molar-refractivity contribution in [2.45, 2.75) is 33.7 Å². The van der Waals surface area contributed by atoms with Crippen molar-refractivity contribution in [3.05, 3.63) is 47.3 Å². The molecule has 0 aliphatic heterocycles. The zero-order valence-electron chi connectivity index (χ0n) is 15.8. The highest BCUT2D eigenvalue weighted by Crippen LogP contribution is 2.19. The van der Waals surface area contributed by atoms with Gasteiger partial charge in [0.2, 0.25) is 11.7 Å². The second-order valence-electron chi connectivity index (χ2n) is 6.20. The summed E-state index contributed by atoms with van der Waals surface area (Å²) in [4.78, 5) is 23.5. The normalized spacial score (nSPS) is 10.6. The smallest absolute Gasteiger partial charge is 0.221 e. The Morgan fingerprint density at radius 3 is 2.46 bits per heavy atom. The summed E-state index contributed by atoms with van der Waals surface area (Å²) in [5.74, 6) is 0.401. The summed E-state index contributed by atoms with van der Waals surface area (Å²) in [5, 5.41) is 2.69. The van der Waals surface area contributed by atoms with Crippen LogP contribution in [0.5, 0.6) is 5.75 Å². The Balaban J connectivity index is 1.97. The lowest BCUT2D eigenvalue weighted by molar-refractivity contribution is -0.114. The molecule has 0 unspecified atom stereocenters. The van der Waals surface area contributed by atoms with Crippen LogP contribution >= 0.6 is 0 Å². The zero-order valence-corrected chi connectivity index (χ0v) is 15.8. The van der Waals surface area contributed by atoms with Gasteiger partial charge in [-0.2, -0.15) is 0 Å². The number of ether oxygens (including phenoxy) is 2. The third kappa shape index (κ3) is 5.20. The minimum Gasteiger partial charge on any atom is -0.485 e. The second-order valence-corrected chi connectivity index (χ2v) is 6.20. The number of methoxy groups -OCH3 is 1. The van der Waals surface area contributed by atoms with E-state index in [0.717, 1.165) is 24.4 Å². The highest BCUT2D eigenvalue weighted by molar-refractivity contribution is 5.98. The number of hydrogen-bond acceptors (Lipinski definition) is 4. The number of ketones is 1. The van der Waals surface area contributed by atoms with Crippen LogP contribution in [0.3, 0.4) is 0 Å². The quantitative estimate of drug-likeness (QED) is 0.551. The van der Waals surface area contributed by atoms with Gasteiger partial charge in [-0.15, -0.1) is 0 Å². The van der Waals surface area contributed by atoms with Gasteiger partial charge < -0.3 is 19.4 Å². The second kappa shape index (κ2) is 9.20. The molecule has 140 valence electrons. The first kappa shape index (κ1) is 19.7. The van der Waals surface area contributed by atoms with E-state index in [1.807, 2.05) is 19.9 Å². The Labute approximate surface area is 154 Å². The van der Waals surface area contributed by atoms with Gasteiger partial charge >= 0.3 is 0 Å². The Bertz CT molecular complexity index is 763. The summed E-state index contributed by atoms with van der Waals surface area (Å²) >= 11 is 0. The number of benzene rings is 1. The molecule has 0 bridgehead atoms. The van der Waals surface area contributed by atoms with E-state index in [-0.39, 0.29) is 18.3 Å². The lowest BCUT2D eigenvalue weighted by Crippen LogP contribution is -2.13. The molecule has 0 saturated carbocycles. The molecule has 0 spiro atoms. The number of nitrogens with one attached hydrogen (secondary N) is 1. The molecule has 1 aromatic heterocycles. The summed E-state index contributed by atoms with van der Waals surface area (Å²) < 4.78 is 12.8. The van der Waals surface area contributed by atoms with E-state index in [0.29, 0.717) is 23.6 Å². The third-order valence-corrected chi connectivity index (χ3v) is 4.15. The first-order valence-electron chi connectivity index (χ1n) is 8.61. The van der Waals surface area contributed by atoms with Crippen LogP contribution in [0.25, 0.3) is 0 Å². The summed E-state index contributed by atoms with van der Waals surface area (Å²) in [5.41, 5.74) is 3.39. The Hall–Kier alpha value is -2.60. The molecule has 0 aliphatic carbocycles. The van der Waals surface area contributed by atoms with Crippen LogP contribution in [0.2, 0.25) is 0 Å². The van der Waals surface area contributed by atoms with E-state index >= 15 is 0 Å². The molecule has 26 heavy (non-hydrogen) atoms. The molecule has 6 nitrogen and oxygen atoms in total. The fraction of sp³-hybridized carbons (Fsp3) is 0.400. The minimum atomic E-state index is -0.130. The van der Waals surface area contributed by atoms with Gasteiger partial charge in [-0.1, -0.05) is 0 Å². The maximum atomic E-state index is 12.5. The van der Waals surface area contributed by atoms with Crippen molar-refractivity contribution in [2.75, 3.05) is 25.6 Å². The Kier molecular flexibility index (Phi) is 6.97. The average Bonchev–Trinajstić information content (AvgIpc) is 2.89. The highest BCUT2D eigenvalue weighted by Gasteiger charge is 2.16. The molecule has 0 radical (unpaired) electrons. The van der Waals surface area contributed by atoms with E-state index in [1.165, 1.54) is 6.92 Å². The molecule has 0 saturated heterocycles. The van der Waals surface area contributed by atoms with E-state index in [9.17, 15) is 9.59 Å². The van der Waals surface area contributed by atoms with Crippen molar-refractivity contribution < 1.29 is 19.1 Å². The summed E-state index contributed by atoms with van der Waals surface area (Å²) in [7, 11) is 1.68. The fourth-order valence-corrected chi connectivity index (χ4v) is 2.86. The number of carbonyl (C=O) groups is 2. The number of aromatic nitrogens is 1. The van der Waals surface area contributed by atoms with Crippen LogP contribution in [0.15, 0.2) is 30.3 Å². The number of amides is 1. The number of anilines is 1. The zero-order chi connectivity index (χ0) is 19.1. The Morgan fingerprint density at radius 2 is 1.85 bits per heavy atom. The van der Waals surface area contributed by atoms with Crippen LogP contribution in [0.1, 0.15) is 35.1 Å². The largest absolute Gasteiger partial charge is 0.485 e. The van der Waals surface area contributed by atoms with Gasteiger partial charge in [-0.25, -0.2) is 0 Å². The van der Waals surface area contributed by atoms with Gasteiger partial charge in [0, 0.05) is 49.8 Å². The molecule has 1 heterocycles. The van der Waals surface area contributed by atoms with E-state index in [4.69, 9.17) is 9.47 Å². The summed E-state index contributed by atoms with van der Waals surface area (Å²) in [6, 6.07) is 8.85. The van der Waals surface area contributed by atoms with Crippen molar-refractivity contribution in [3.63, 3.8) is 0 Å². The lowest BCUT2D eigenvalue weighted by Gasteiger charge is -2.10. The van der Waals surface area contributed by atoms with Crippen molar-refractivity contribution in [3.8, 4) is 5.75 Å². The van der Waals surface area contributed by atoms with Gasteiger partial charge in [-0.3, -0.25) is 9.59 Å².